The van der Waals surface area contributed by atoms with Crippen LogP contribution in [0.15, 0.2) is 0 Å². The Labute approximate surface area is 121 Å². The Hall–Kier alpha value is -1.14. The van der Waals surface area contributed by atoms with Gasteiger partial charge in [-0.25, -0.2) is 4.79 Å². The van der Waals surface area contributed by atoms with Crippen LogP contribution in [0.25, 0.3) is 0 Å². The van der Waals surface area contributed by atoms with Gasteiger partial charge in [0.15, 0.2) is 0 Å². The van der Waals surface area contributed by atoms with Crippen LogP contribution in [0, 0.1) is 11.8 Å². The van der Waals surface area contributed by atoms with Gasteiger partial charge in [-0.15, -0.1) is 0 Å². The summed E-state index contributed by atoms with van der Waals surface area (Å²) < 4.78 is 0. The van der Waals surface area contributed by atoms with Gasteiger partial charge in [-0.05, 0) is 38.1 Å². The number of imide groups is 1. The summed E-state index contributed by atoms with van der Waals surface area (Å²) >= 11 is 0. The van der Waals surface area contributed by atoms with Gasteiger partial charge in [0.2, 0.25) is 5.91 Å². The zero-order chi connectivity index (χ0) is 15.1. The van der Waals surface area contributed by atoms with Gasteiger partial charge in [0, 0.05) is 19.1 Å². The molecule has 1 fully saturated rings. The first-order valence-electron chi connectivity index (χ1n) is 7.44. The molecule has 0 aromatic carbocycles. The number of piperidine rings is 1. The fraction of sp³-hybridized carbons (Fsp3) is 0.857. The largest absolute Gasteiger partial charge is 0.338 e. The second kappa shape index (κ2) is 8.21. The lowest BCUT2D eigenvalue weighted by Crippen LogP contribution is -2.49. The van der Waals surface area contributed by atoms with E-state index in [0.717, 1.165) is 25.9 Å². The number of rotatable bonds is 5. The van der Waals surface area contributed by atoms with E-state index in [2.05, 4.69) is 15.5 Å². The highest BCUT2D eigenvalue weighted by atomic mass is 16.2. The van der Waals surface area contributed by atoms with Gasteiger partial charge >= 0.3 is 6.03 Å². The monoisotopic (exact) mass is 284 g/mol. The highest BCUT2D eigenvalue weighted by Gasteiger charge is 2.24. The molecule has 0 bridgehead atoms. The van der Waals surface area contributed by atoms with Crippen molar-refractivity contribution in [2.45, 2.75) is 39.7 Å². The van der Waals surface area contributed by atoms with Crippen LogP contribution >= 0.6 is 0 Å². The summed E-state index contributed by atoms with van der Waals surface area (Å²) in [6, 6.07) is -0.264. The van der Waals surface area contributed by atoms with E-state index in [-0.39, 0.29) is 18.5 Å². The molecule has 0 radical (unpaired) electrons. The number of hydrogen-bond donors (Lipinski definition) is 3. The minimum absolute atomic E-state index is 0.148. The number of hydrogen-bond acceptors (Lipinski definition) is 4. The number of carbonyl (C=O) groups is 2. The van der Waals surface area contributed by atoms with E-state index in [4.69, 9.17) is 5.73 Å². The molecule has 1 heterocycles. The number of carbonyl (C=O) groups excluding carboxylic acids is 2. The van der Waals surface area contributed by atoms with Crippen molar-refractivity contribution in [3.8, 4) is 0 Å². The molecule has 0 aromatic rings. The van der Waals surface area contributed by atoms with Crippen molar-refractivity contribution in [1.82, 2.24) is 15.5 Å². The van der Waals surface area contributed by atoms with E-state index < -0.39 is 6.03 Å². The molecule has 20 heavy (non-hydrogen) atoms. The molecule has 6 heteroatoms. The van der Waals surface area contributed by atoms with Crippen molar-refractivity contribution in [1.29, 1.82) is 0 Å². The molecule has 116 valence electrons. The van der Waals surface area contributed by atoms with Crippen LogP contribution < -0.4 is 16.4 Å². The van der Waals surface area contributed by atoms with Crippen molar-refractivity contribution in [2.24, 2.45) is 17.6 Å². The average molecular weight is 284 g/mol. The maximum Gasteiger partial charge on any atom is 0.321 e. The summed E-state index contributed by atoms with van der Waals surface area (Å²) in [6.07, 6.45) is 2.17. The van der Waals surface area contributed by atoms with E-state index in [1.54, 1.807) is 0 Å². The molecule has 1 rings (SSSR count). The van der Waals surface area contributed by atoms with Crippen LogP contribution in [-0.4, -0.2) is 49.1 Å². The Morgan fingerprint density at radius 2 is 2.05 bits per heavy atom. The third kappa shape index (κ3) is 6.34. The second-order valence-corrected chi connectivity index (χ2v) is 6.15. The third-order valence-corrected chi connectivity index (χ3v) is 3.58. The third-order valence-electron chi connectivity index (χ3n) is 3.58. The van der Waals surface area contributed by atoms with Gasteiger partial charge in [0.25, 0.3) is 0 Å². The molecule has 2 unspecified atom stereocenters. The topological polar surface area (TPSA) is 87.5 Å². The summed E-state index contributed by atoms with van der Waals surface area (Å²) in [5.41, 5.74) is 5.92. The first kappa shape index (κ1) is 16.9. The Bertz CT molecular complexity index is 331. The predicted molar refractivity (Wildman–Crippen MR) is 79.2 cm³/mol. The molecular weight excluding hydrogens is 256 g/mol. The smallest absolute Gasteiger partial charge is 0.321 e. The fourth-order valence-corrected chi connectivity index (χ4v) is 2.37. The molecule has 1 saturated heterocycles. The Balaban J connectivity index is 2.29. The maximum atomic E-state index is 11.8. The van der Waals surface area contributed by atoms with Crippen LogP contribution in [0.4, 0.5) is 4.79 Å². The van der Waals surface area contributed by atoms with Crippen molar-refractivity contribution in [2.75, 3.05) is 26.2 Å². The minimum Gasteiger partial charge on any atom is -0.338 e. The van der Waals surface area contributed by atoms with Gasteiger partial charge in [-0.2, -0.15) is 0 Å². The van der Waals surface area contributed by atoms with Gasteiger partial charge in [-0.1, -0.05) is 13.8 Å². The molecule has 0 spiro atoms. The summed E-state index contributed by atoms with van der Waals surface area (Å²) in [4.78, 5) is 25.4. The zero-order valence-corrected chi connectivity index (χ0v) is 12.8. The lowest BCUT2D eigenvalue weighted by molar-refractivity contribution is -0.121. The lowest BCUT2D eigenvalue weighted by atomic mass is 9.92. The predicted octanol–water partition coefficient (Wildman–Crippen LogP) is 0.527. The molecule has 1 aliphatic rings. The molecule has 2 atom stereocenters. The van der Waals surface area contributed by atoms with Gasteiger partial charge < -0.3 is 11.1 Å². The summed E-state index contributed by atoms with van der Waals surface area (Å²) in [5.74, 6) is 0.549. The van der Waals surface area contributed by atoms with Crippen molar-refractivity contribution in [3.05, 3.63) is 0 Å². The van der Waals surface area contributed by atoms with E-state index >= 15 is 0 Å². The number of nitrogens with one attached hydrogen (secondary N) is 2. The molecule has 3 amide bonds. The highest BCUT2D eigenvalue weighted by molar-refractivity contribution is 5.95. The Kier molecular flexibility index (Phi) is 6.95. The lowest BCUT2D eigenvalue weighted by Gasteiger charge is -2.34. The van der Waals surface area contributed by atoms with Crippen LogP contribution in [0.1, 0.15) is 33.6 Å². The molecule has 0 aliphatic carbocycles. The van der Waals surface area contributed by atoms with E-state index in [1.807, 2.05) is 20.8 Å². The van der Waals surface area contributed by atoms with Crippen LogP contribution in [0.2, 0.25) is 0 Å². The second-order valence-electron chi connectivity index (χ2n) is 6.15. The highest BCUT2D eigenvalue weighted by Crippen LogP contribution is 2.18. The first-order chi connectivity index (χ1) is 9.38. The van der Waals surface area contributed by atoms with Gasteiger partial charge in [-0.3, -0.25) is 15.0 Å². The molecular formula is C14H28N4O2. The zero-order valence-electron chi connectivity index (χ0n) is 12.8. The van der Waals surface area contributed by atoms with E-state index in [0.29, 0.717) is 18.4 Å². The standard InChI is InChI=1S/C14H28N4O2/c1-10(2)7-16-14(20)17-13(19)9-18-6-4-5-12(8-18)11(3)15/h10-12H,4-9,15H2,1-3H3,(H2,16,17,19,20). The SMILES string of the molecule is CC(C)CNC(=O)NC(=O)CN1CCCC(C(C)N)C1. The number of nitrogens with zero attached hydrogens (tertiary/aromatic N) is 1. The van der Waals surface area contributed by atoms with E-state index in [9.17, 15) is 9.59 Å². The Morgan fingerprint density at radius 3 is 2.65 bits per heavy atom. The minimum atomic E-state index is -0.413. The van der Waals surface area contributed by atoms with Gasteiger partial charge in [0.05, 0.1) is 6.54 Å². The number of nitrogens with two attached hydrogens (primary N) is 1. The summed E-state index contributed by atoms with van der Waals surface area (Å²) in [7, 11) is 0. The van der Waals surface area contributed by atoms with Crippen molar-refractivity contribution < 1.29 is 9.59 Å². The number of urea groups is 1. The number of likely N-dealkylation sites (tertiary alicyclic amines) is 1. The van der Waals surface area contributed by atoms with Crippen LogP contribution in [0.5, 0.6) is 0 Å². The summed E-state index contributed by atoms with van der Waals surface area (Å²) in [5, 5.41) is 5.03. The molecule has 6 nitrogen and oxygen atoms in total. The molecule has 0 saturated carbocycles. The fourth-order valence-electron chi connectivity index (χ4n) is 2.37. The maximum absolute atomic E-state index is 11.8. The molecule has 0 aromatic heterocycles. The summed E-state index contributed by atoms with van der Waals surface area (Å²) in [6.45, 7) is 8.57. The first-order valence-corrected chi connectivity index (χ1v) is 7.44. The molecule has 4 N–H and O–H groups in total. The van der Waals surface area contributed by atoms with Crippen molar-refractivity contribution >= 4 is 11.9 Å². The van der Waals surface area contributed by atoms with Gasteiger partial charge in [0.1, 0.15) is 0 Å². The van der Waals surface area contributed by atoms with Crippen molar-refractivity contribution in [3.63, 3.8) is 0 Å². The van der Waals surface area contributed by atoms with Crippen LogP contribution in [-0.2, 0) is 4.79 Å². The number of amides is 3. The van der Waals surface area contributed by atoms with Crippen LogP contribution in [0.3, 0.4) is 0 Å². The quantitative estimate of drug-likeness (QED) is 0.687. The normalized spacial score (nSPS) is 21.6. The molecule has 1 aliphatic heterocycles. The Morgan fingerprint density at radius 1 is 1.35 bits per heavy atom. The van der Waals surface area contributed by atoms with E-state index in [1.165, 1.54) is 0 Å². The average Bonchev–Trinajstić information content (AvgIpc) is 2.36.